The van der Waals surface area contributed by atoms with E-state index < -0.39 is 46.2 Å². The zero-order valence-corrected chi connectivity index (χ0v) is 21.5. The second-order valence-electron chi connectivity index (χ2n) is 8.46. The lowest BCUT2D eigenvalue weighted by atomic mass is 9.92. The summed E-state index contributed by atoms with van der Waals surface area (Å²) in [6, 6.07) is 3.44. The molecule has 2 atom stereocenters. The minimum Gasteiger partial charge on any atom is -0.480 e. The third-order valence-corrected chi connectivity index (χ3v) is 8.30. The number of carboxylic acid groups (broad SMARTS) is 1. The van der Waals surface area contributed by atoms with Gasteiger partial charge in [0.2, 0.25) is 10.0 Å². The average molecular weight is 587 g/mol. The zero-order chi connectivity index (χ0) is 27.2. The first kappa shape index (κ1) is 26.3. The third-order valence-electron chi connectivity index (χ3n) is 5.88. The summed E-state index contributed by atoms with van der Waals surface area (Å²) < 4.78 is 68.3. The van der Waals surface area contributed by atoms with Crippen LogP contribution in [-0.4, -0.2) is 63.3 Å². The quantitative estimate of drug-likeness (QED) is 0.413. The summed E-state index contributed by atoms with van der Waals surface area (Å²) in [4.78, 5) is 21.9. The molecule has 2 aliphatic rings. The van der Waals surface area contributed by atoms with Gasteiger partial charge >= 0.3 is 12.5 Å². The van der Waals surface area contributed by atoms with Crippen LogP contribution < -0.4 is 4.72 Å². The van der Waals surface area contributed by atoms with E-state index in [1.165, 1.54) is 29.5 Å². The summed E-state index contributed by atoms with van der Waals surface area (Å²) in [5.41, 5.74) is 1.41. The SMILES string of the molecule is O=C(O)CS(=O)(=O)N[C@H]1CC2=C(c3ccn(C(F)F)n3)[C@H](c3ccc(F)cc3Cl)N=C(c3nccs3)N2C1. The zero-order valence-electron chi connectivity index (χ0n) is 19.1. The van der Waals surface area contributed by atoms with Crippen LogP contribution >= 0.6 is 22.9 Å². The van der Waals surface area contributed by atoms with Crippen LogP contribution in [0.3, 0.4) is 0 Å². The highest BCUT2D eigenvalue weighted by molar-refractivity contribution is 7.90. The molecule has 1 saturated heterocycles. The van der Waals surface area contributed by atoms with E-state index in [2.05, 4.69) is 14.8 Å². The lowest BCUT2D eigenvalue weighted by Crippen LogP contribution is -2.41. The number of hydrogen-bond donors (Lipinski definition) is 2. The van der Waals surface area contributed by atoms with Gasteiger partial charge in [0, 0.05) is 58.6 Å². The molecule has 38 heavy (non-hydrogen) atoms. The van der Waals surface area contributed by atoms with Crippen molar-refractivity contribution in [3.63, 3.8) is 0 Å². The number of hydrogen-bond acceptors (Lipinski definition) is 8. The molecule has 2 aliphatic heterocycles. The molecular formula is C22H18ClF3N6O4S2. The fourth-order valence-corrected chi connectivity index (χ4v) is 6.48. The highest BCUT2D eigenvalue weighted by atomic mass is 35.5. The van der Waals surface area contributed by atoms with E-state index in [1.807, 2.05) is 0 Å². The van der Waals surface area contributed by atoms with Crippen LogP contribution in [0.5, 0.6) is 0 Å². The number of carbonyl (C=O) groups is 1. The molecular weight excluding hydrogens is 569 g/mol. The fraction of sp³-hybridized carbons (Fsp3) is 0.273. The van der Waals surface area contributed by atoms with Crippen LogP contribution in [0.25, 0.3) is 5.57 Å². The molecule has 0 aliphatic carbocycles. The average Bonchev–Trinajstić information content (AvgIpc) is 3.57. The number of nitrogens with one attached hydrogen (secondary N) is 1. The van der Waals surface area contributed by atoms with Gasteiger partial charge in [-0.2, -0.15) is 13.9 Å². The summed E-state index contributed by atoms with van der Waals surface area (Å²) in [5, 5.41) is 15.2. The van der Waals surface area contributed by atoms with Gasteiger partial charge in [0.05, 0.1) is 5.69 Å². The number of aliphatic imine (C=N–C) groups is 1. The maximum absolute atomic E-state index is 13.9. The normalized spacial score (nSPS) is 19.7. The van der Waals surface area contributed by atoms with Gasteiger partial charge in [-0.15, -0.1) is 11.3 Å². The number of aromatic nitrogens is 3. The molecule has 1 fully saturated rings. The molecule has 16 heteroatoms. The van der Waals surface area contributed by atoms with Gasteiger partial charge in [0.1, 0.15) is 11.9 Å². The van der Waals surface area contributed by atoms with E-state index in [-0.39, 0.29) is 23.7 Å². The second-order valence-corrected chi connectivity index (χ2v) is 11.5. The number of carboxylic acids is 1. The van der Waals surface area contributed by atoms with E-state index in [4.69, 9.17) is 21.7 Å². The Labute approximate surface area is 223 Å². The topological polar surface area (TPSA) is 130 Å². The Hall–Kier alpha value is -3.27. The molecule has 0 bridgehead atoms. The summed E-state index contributed by atoms with van der Waals surface area (Å²) in [6.07, 6.45) is 2.73. The molecule has 2 N–H and O–H groups in total. The molecule has 3 aromatic rings. The van der Waals surface area contributed by atoms with Crippen LogP contribution in [-0.2, 0) is 14.8 Å². The van der Waals surface area contributed by atoms with Crippen LogP contribution in [0.4, 0.5) is 13.2 Å². The second kappa shape index (κ2) is 10.1. The first-order chi connectivity index (χ1) is 18.0. The van der Waals surface area contributed by atoms with Gasteiger partial charge in [-0.25, -0.2) is 27.2 Å². The van der Waals surface area contributed by atoms with E-state index >= 15 is 0 Å². The van der Waals surface area contributed by atoms with Crippen molar-refractivity contribution >= 4 is 50.3 Å². The lowest BCUT2D eigenvalue weighted by molar-refractivity contribution is -0.134. The number of alkyl halides is 2. The van der Waals surface area contributed by atoms with Gasteiger partial charge in [0.25, 0.3) is 0 Å². The first-order valence-electron chi connectivity index (χ1n) is 11.0. The molecule has 0 amide bonds. The molecule has 0 saturated carbocycles. The first-order valence-corrected chi connectivity index (χ1v) is 13.9. The van der Waals surface area contributed by atoms with Gasteiger partial charge in [-0.1, -0.05) is 17.7 Å². The number of nitrogens with zero attached hydrogens (tertiary/aromatic N) is 5. The van der Waals surface area contributed by atoms with Gasteiger partial charge in [-0.3, -0.25) is 9.79 Å². The third kappa shape index (κ3) is 5.18. The van der Waals surface area contributed by atoms with E-state index in [9.17, 15) is 26.4 Å². The Morgan fingerprint density at radius 1 is 1.32 bits per heavy atom. The molecule has 0 radical (unpaired) electrons. The molecule has 5 rings (SSSR count). The van der Waals surface area contributed by atoms with E-state index in [0.717, 1.165) is 12.3 Å². The van der Waals surface area contributed by atoms with Gasteiger partial charge in [0.15, 0.2) is 16.6 Å². The van der Waals surface area contributed by atoms with Crippen molar-refractivity contribution in [3.05, 3.63) is 74.8 Å². The number of thiazole rings is 1. The van der Waals surface area contributed by atoms with Crippen LogP contribution in [0, 0.1) is 5.82 Å². The molecule has 4 heterocycles. The van der Waals surface area contributed by atoms with E-state index in [1.54, 1.807) is 16.5 Å². The summed E-state index contributed by atoms with van der Waals surface area (Å²) in [6.45, 7) is -2.84. The lowest BCUT2D eigenvalue weighted by Gasteiger charge is -2.32. The van der Waals surface area contributed by atoms with Crippen molar-refractivity contribution in [3.8, 4) is 0 Å². The number of aliphatic carboxylic acids is 1. The predicted octanol–water partition coefficient (Wildman–Crippen LogP) is 3.52. The fourth-order valence-electron chi connectivity index (χ4n) is 4.49. The Morgan fingerprint density at radius 2 is 2.11 bits per heavy atom. The number of fused-ring (bicyclic) bond motifs is 1. The Balaban J connectivity index is 1.67. The molecule has 0 unspecified atom stereocenters. The van der Waals surface area contributed by atoms with Gasteiger partial charge in [-0.05, 0) is 18.2 Å². The monoisotopic (exact) mass is 586 g/mol. The maximum Gasteiger partial charge on any atom is 0.333 e. The number of halogens is 4. The number of amidine groups is 1. The highest BCUT2D eigenvalue weighted by Crippen LogP contribution is 2.46. The predicted molar refractivity (Wildman–Crippen MR) is 133 cm³/mol. The minimum atomic E-state index is -4.18. The number of rotatable bonds is 8. The molecule has 1 aromatic carbocycles. The van der Waals surface area contributed by atoms with Crippen molar-refractivity contribution < 1.29 is 31.5 Å². The summed E-state index contributed by atoms with van der Waals surface area (Å²) in [5.74, 6) is -2.83. The highest BCUT2D eigenvalue weighted by Gasteiger charge is 2.42. The Bertz CT molecular complexity index is 1560. The van der Waals surface area contributed by atoms with Crippen molar-refractivity contribution in [2.75, 3.05) is 12.3 Å². The van der Waals surface area contributed by atoms with Crippen molar-refractivity contribution in [1.29, 1.82) is 0 Å². The van der Waals surface area contributed by atoms with Crippen LogP contribution in [0.2, 0.25) is 5.02 Å². The standard InChI is InChI=1S/C22H18ClF3N6O4S2/c23-14-7-11(24)1-2-13(14)19-18(15-3-5-32(29-15)22(25)26)16-8-12(30-38(35,36)10-17(33)34)9-31(16)20(28-19)21-27-4-6-37-21/h1-7,12,19,22,30H,8-10H2,(H,33,34)/t12-,19-/m0/s1. The molecule has 2 aromatic heterocycles. The largest absolute Gasteiger partial charge is 0.480 e. The summed E-state index contributed by atoms with van der Waals surface area (Å²) in [7, 11) is -4.18. The number of sulfonamides is 1. The van der Waals surface area contributed by atoms with Crippen molar-refractivity contribution in [2.24, 2.45) is 4.99 Å². The molecule has 10 nitrogen and oxygen atoms in total. The number of benzene rings is 1. The smallest absolute Gasteiger partial charge is 0.333 e. The Kier molecular flexibility index (Phi) is 7.02. The van der Waals surface area contributed by atoms with Crippen molar-refractivity contribution in [1.82, 2.24) is 24.4 Å². The van der Waals surface area contributed by atoms with Crippen LogP contribution in [0.1, 0.15) is 35.3 Å². The molecule has 200 valence electrons. The Morgan fingerprint density at radius 3 is 2.74 bits per heavy atom. The maximum atomic E-state index is 13.9. The summed E-state index contributed by atoms with van der Waals surface area (Å²) >= 11 is 7.68. The van der Waals surface area contributed by atoms with Crippen LogP contribution in [0.15, 0.2) is 52.7 Å². The van der Waals surface area contributed by atoms with E-state index in [0.29, 0.717) is 32.4 Å². The van der Waals surface area contributed by atoms with Gasteiger partial charge < -0.3 is 10.0 Å². The minimum absolute atomic E-state index is 0.0498. The van der Waals surface area contributed by atoms with Crippen molar-refractivity contribution in [2.45, 2.75) is 25.1 Å². The molecule has 0 spiro atoms.